The number of nitrogens with zero attached hydrogens (tertiary/aromatic N) is 3. The Morgan fingerprint density at radius 3 is 2.56 bits per heavy atom. The predicted molar refractivity (Wildman–Crippen MR) is 70.9 cm³/mol. The number of ether oxygens (including phenoxy) is 2. The van der Waals surface area contributed by atoms with Gasteiger partial charge in [-0.3, -0.25) is 4.90 Å². The average Bonchev–Trinajstić information content (AvgIpc) is 2.97. The fraction of sp³-hybridized carbons (Fsp3) is 0.818. The minimum absolute atomic E-state index is 0.143. The highest BCUT2D eigenvalue weighted by molar-refractivity contribution is 7.10. The Morgan fingerprint density at radius 2 is 2.00 bits per heavy atom. The van der Waals surface area contributed by atoms with Crippen LogP contribution in [0, 0.1) is 0 Å². The lowest BCUT2D eigenvalue weighted by Gasteiger charge is -2.14. The normalized spacial score (nSPS) is 24.6. The Hall–Kier alpha value is -0.760. The number of hydrogen-bond donors (Lipinski definition) is 1. The highest BCUT2D eigenvalue weighted by Gasteiger charge is 2.33. The zero-order valence-electron chi connectivity index (χ0n) is 11.0. The molecule has 1 aromatic heterocycles. The van der Waals surface area contributed by atoms with Crippen LogP contribution in [0.3, 0.4) is 0 Å². The van der Waals surface area contributed by atoms with Gasteiger partial charge in [0.15, 0.2) is 0 Å². The van der Waals surface area contributed by atoms with Gasteiger partial charge >= 0.3 is 0 Å². The first-order valence-corrected chi connectivity index (χ1v) is 6.88. The van der Waals surface area contributed by atoms with E-state index in [4.69, 9.17) is 9.47 Å². The summed E-state index contributed by atoms with van der Waals surface area (Å²) in [5.41, 5.74) is 1.01. The molecule has 0 spiro atoms. The molecule has 2 unspecified atom stereocenters. The maximum atomic E-state index is 5.43. The molecule has 2 rings (SSSR count). The van der Waals surface area contributed by atoms with Crippen LogP contribution < -0.4 is 5.32 Å². The third-order valence-corrected chi connectivity index (χ3v) is 3.89. The molecule has 1 aliphatic rings. The lowest BCUT2D eigenvalue weighted by Crippen LogP contribution is -2.27. The van der Waals surface area contributed by atoms with E-state index >= 15 is 0 Å². The lowest BCUT2D eigenvalue weighted by atomic mass is 10.3. The van der Waals surface area contributed by atoms with Crippen LogP contribution in [0.25, 0.3) is 0 Å². The van der Waals surface area contributed by atoms with Gasteiger partial charge in [0.25, 0.3) is 0 Å². The Bertz CT molecular complexity index is 362. The van der Waals surface area contributed by atoms with E-state index in [1.165, 1.54) is 11.5 Å². The number of nitrogens with one attached hydrogen (secondary N) is 1. The van der Waals surface area contributed by atoms with Gasteiger partial charge in [-0.1, -0.05) is 4.49 Å². The zero-order valence-corrected chi connectivity index (χ0v) is 11.9. The van der Waals surface area contributed by atoms with Gasteiger partial charge in [0, 0.05) is 51.9 Å². The van der Waals surface area contributed by atoms with E-state index in [2.05, 4.69) is 26.7 Å². The summed E-state index contributed by atoms with van der Waals surface area (Å²) in [6, 6.07) is 0. The maximum absolute atomic E-state index is 5.43. The molecule has 6 nitrogen and oxygen atoms in total. The van der Waals surface area contributed by atoms with Crippen LogP contribution in [0.15, 0.2) is 0 Å². The number of rotatable bonds is 6. The molecule has 0 aromatic carbocycles. The van der Waals surface area contributed by atoms with Crippen molar-refractivity contribution in [3.05, 3.63) is 5.69 Å². The Labute approximate surface area is 111 Å². The van der Waals surface area contributed by atoms with E-state index in [9.17, 15) is 0 Å². The average molecular weight is 272 g/mol. The van der Waals surface area contributed by atoms with Crippen molar-refractivity contribution in [3.8, 4) is 0 Å². The van der Waals surface area contributed by atoms with Crippen LogP contribution in [0.1, 0.15) is 12.6 Å². The van der Waals surface area contributed by atoms with Gasteiger partial charge < -0.3 is 14.8 Å². The molecule has 1 N–H and O–H groups in total. The summed E-state index contributed by atoms with van der Waals surface area (Å²) in [5.74, 6) is 0. The van der Waals surface area contributed by atoms with Crippen molar-refractivity contribution in [1.82, 2.24) is 14.5 Å². The standard InChI is InChI=1S/C11H20N4O2S/c1-4-12-11-8(13-14-18-11)5-15-6-9(16-2)10(7-15)17-3/h9-10,12H,4-7H2,1-3H3. The number of aromatic nitrogens is 2. The first-order chi connectivity index (χ1) is 8.78. The van der Waals surface area contributed by atoms with Crippen molar-refractivity contribution < 1.29 is 9.47 Å². The van der Waals surface area contributed by atoms with Crippen molar-refractivity contribution in [2.75, 3.05) is 39.2 Å². The molecule has 18 heavy (non-hydrogen) atoms. The zero-order chi connectivity index (χ0) is 13.0. The molecule has 0 saturated carbocycles. The largest absolute Gasteiger partial charge is 0.377 e. The van der Waals surface area contributed by atoms with Gasteiger partial charge in [-0.05, 0) is 6.92 Å². The van der Waals surface area contributed by atoms with Gasteiger partial charge in [-0.15, -0.1) is 5.10 Å². The minimum atomic E-state index is 0.143. The summed E-state index contributed by atoms with van der Waals surface area (Å²) < 4.78 is 14.9. The van der Waals surface area contributed by atoms with Crippen molar-refractivity contribution in [1.29, 1.82) is 0 Å². The first-order valence-electron chi connectivity index (χ1n) is 6.11. The van der Waals surface area contributed by atoms with Gasteiger partial charge in [0.2, 0.25) is 0 Å². The first kappa shape index (κ1) is 13.7. The molecule has 0 radical (unpaired) electrons. The second kappa shape index (κ2) is 6.42. The summed E-state index contributed by atoms with van der Waals surface area (Å²) in [6.07, 6.45) is 0.286. The SMILES string of the molecule is CCNc1snnc1CN1CC(OC)C(OC)C1. The van der Waals surface area contributed by atoms with E-state index in [-0.39, 0.29) is 12.2 Å². The molecular formula is C11H20N4O2S. The van der Waals surface area contributed by atoms with Crippen molar-refractivity contribution in [2.24, 2.45) is 0 Å². The number of anilines is 1. The summed E-state index contributed by atoms with van der Waals surface area (Å²) in [6.45, 7) is 5.49. The van der Waals surface area contributed by atoms with E-state index < -0.39 is 0 Å². The summed E-state index contributed by atoms with van der Waals surface area (Å²) in [5, 5.41) is 8.53. The second-order valence-corrected chi connectivity index (χ2v) is 5.08. The minimum Gasteiger partial charge on any atom is -0.377 e. The van der Waals surface area contributed by atoms with Crippen LogP contribution in [0.5, 0.6) is 0 Å². The smallest absolute Gasteiger partial charge is 0.134 e. The number of hydrogen-bond acceptors (Lipinski definition) is 7. The summed E-state index contributed by atoms with van der Waals surface area (Å²) in [4.78, 5) is 2.29. The molecule has 1 fully saturated rings. The van der Waals surface area contributed by atoms with Crippen molar-refractivity contribution in [2.45, 2.75) is 25.7 Å². The second-order valence-electron chi connectivity index (χ2n) is 4.32. The van der Waals surface area contributed by atoms with Gasteiger partial charge in [0.1, 0.15) is 10.7 Å². The van der Waals surface area contributed by atoms with E-state index in [1.807, 2.05) is 0 Å². The molecule has 2 atom stereocenters. The van der Waals surface area contributed by atoms with E-state index in [0.717, 1.165) is 36.9 Å². The molecular weight excluding hydrogens is 252 g/mol. The summed E-state index contributed by atoms with van der Waals surface area (Å²) >= 11 is 1.41. The van der Waals surface area contributed by atoms with Gasteiger partial charge in [0.05, 0.1) is 12.2 Å². The molecule has 2 heterocycles. The predicted octanol–water partition coefficient (Wildman–Crippen LogP) is 0.815. The molecule has 0 amide bonds. The van der Waals surface area contributed by atoms with Crippen molar-refractivity contribution >= 4 is 16.5 Å². The molecule has 1 aliphatic heterocycles. The number of methoxy groups -OCH3 is 2. The van der Waals surface area contributed by atoms with Crippen LogP contribution in [-0.4, -0.2) is 60.5 Å². The van der Waals surface area contributed by atoms with Crippen LogP contribution in [0.4, 0.5) is 5.00 Å². The van der Waals surface area contributed by atoms with E-state index in [0.29, 0.717) is 0 Å². The van der Waals surface area contributed by atoms with Crippen molar-refractivity contribution in [3.63, 3.8) is 0 Å². The third kappa shape index (κ3) is 2.97. The van der Waals surface area contributed by atoms with Crippen LogP contribution in [0.2, 0.25) is 0 Å². The monoisotopic (exact) mass is 272 g/mol. The number of likely N-dealkylation sites (tertiary alicyclic amines) is 1. The van der Waals surface area contributed by atoms with Gasteiger partial charge in [-0.25, -0.2) is 0 Å². The Morgan fingerprint density at radius 1 is 1.33 bits per heavy atom. The molecule has 7 heteroatoms. The maximum Gasteiger partial charge on any atom is 0.134 e. The molecule has 102 valence electrons. The Balaban J connectivity index is 1.96. The topological polar surface area (TPSA) is 59.5 Å². The van der Waals surface area contributed by atoms with E-state index in [1.54, 1.807) is 14.2 Å². The lowest BCUT2D eigenvalue weighted by molar-refractivity contribution is -0.00461. The Kier molecular flexibility index (Phi) is 4.87. The molecule has 0 aliphatic carbocycles. The fourth-order valence-corrected chi connectivity index (χ4v) is 2.86. The van der Waals surface area contributed by atoms with Gasteiger partial charge in [-0.2, -0.15) is 0 Å². The quantitative estimate of drug-likeness (QED) is 0.827. The highest BCUT2D eigenvalue weighted by atomic mass is 32.1. The molecule has 1 aromatic rings. The fourth-order valence-electron chi connectivity index (χ4n) is 2.22. The highest BCUT2D eigenvalue weighted by Crippen LogP contribution is 2.23. The van der Waals surface area contributed by atoms with Crippen LogP contribution in [-0.2, 0) is 16.0 Å². The third-order valence-electron chi connectivity index (χ3n) is 3.16. The van der Waals surface area contributed by atoms with Crippen LogP contribution >= 0.6 is 11.5 Å². The summed E-state index contributed by atoms with van der Waals surface area (Å²) in [7, 11) is 3.46. The molecule has 0 bridgehead atoms. The molecule has 1 saturated heterocycles.